The van der Waals surface area contributed by atoms with Gasteiger partial charge >= 0.3 is 6.18 Å². The molecule has 182 valence electrons. The van der Waals surface area contributed by atoms with Crippen LogP contribution in [-0.2, 0) is 12.7 Å². The molecule has 0 spiro atoms. The van der Waals surface area contributed by atoms with Crippen LogP contribution >= 0.6 is 38.9 Å². The summed E-state index contributed by atoms with van der Waals surface area (Å²) in [6.45, 7) is 2.78. The zero-order valence-corrected chi connectivity index (χ0v) is 21.3. The van der Waals surface area contributed by atoms with Crippen molar-refractivity contribution in [1.82, 2.24) is 24.4 Å². The number of hydrogen-bond acceptors (Lipinski definition) is 5. The van der Waals surface area contributed by atoms with E-state index in [0.29, 0.717) is 35.6 Å². The van der Waals surface area contributed by atoms with E-state index >= 15 is 0 Å². The normalized spacial score (nSPS) is 15.2. The topological polar surface area (TPSA) is 53.7 Å². The van der Waals surface area contributed by atoms with Crippen molar-refractivity contribution in [2.24, 2.45) is 0 Å². The lowest BCUT2D eigenvalue weighted by Crippen LogP contribution is -2.48. The Bertz CT molecular complexity index is 1380. The van der Waals surface area contributed by atoms with Gasteiger partial charge in [0.2, 0.25) is 0 Å². The van der Waals surface area contributed by atoms with Gasteiger partial charge in [-0.05, 0) is 29.1 Å². The maximum absolute atomic E-state index is 13.9. The van der Waals surface area contributed by atoms with Crippen LogP contribution < -0.4 is 0 Å². The summed E-state index contributed by atoms with van der Waals surface area (Å²) >= 11 is 11.2. The maximum Gasteiger partial charge on any atom is 0.433 e. The molecule has 1 fully saturated rings. The first kappa shape index (κ1) is 24.2. The molecule has 0 unspecified atom stereocenters. The van der Waals surface area contributed by atoms with Gasteiger partial charge < -0.3 is 4.90 Å². The summed E-state index contributed by atoms with van der Waals surface area (Å²) in [5, 5.41) is 5.53. The molecule has 5 rings (SSSR count). The van der Waals surface area contributed by atoms with Crippen LogP contribution in [0, 0.1) is 0 Å². The molecule has 1 amide bonds. The summed E-state index contributed by atoms with van der Waals surface area (Å²) in [5.74, 6) is -0.508. The van der Waals surface area contributed by atoms with Crippen LogP contribution in [0.4, 0.5) is 13.2 Å². The number of alkyl halides is 3. The first-order chi connectivity index (χ1) is 16.7. The highest BCUT2D eigenvalue weighted by Crippen LogP contribution is 2.35. The molecule has 4 aromatic rings. The predicted molar refractivity (Wildman–Crippen MR) is 132 cm³/mol. The molecule has 1 aromatic carbocycles. The van der Waals surface area contributed by atoms with Gasteiger partial charge in [0.1, 0.15) is 5.02 Å². The minimum atomic E-state index is -4.71. The highest BCUT2D eigenvalue weighted by Gasteiger charge is 2.37. The maximum atomic E-state index is 13.9. The van der Waals surface area contributed by atoms with Crippen LogP contribution in [0.1, 0.15) is 21.7 Å². The molecule has 4 heterocycles. The number of halogens is 5. The monoisotopic (exact) mass is 583 g/mol. The smallest absolute Gasteiger partial charge is 0.335 e. The number of carbonyl (C=O) groups is 1. The van der Waals surface area contributed by atoms with Gasteiger partial charge in [0.25, 0.3) is 5.91 Å². The molecule has 0 aliphatic carbocycles. The van der Waals surface area contributed by atoms with Crippen molar-refractivity contribution >= 4 is 50.4 Å². The highest BCUT2D eigenvalue weighted by molar-refractivity contribution is 9.10. The van der Waals surface area contributed by atoms with E-state index in [1.54, 1.807) is 22.4 Å². The van der Waals surface area contributed by atoms with Crippen LogP contribution in [0.3, 0.4) is 0 Å². The summed E-state index contributed by atoms with van der Waals surface area (Å²) in [5.41, 5.74) is -0.192. The van der Waals surface area contributed by atoms with E-state index in [1.807, 2.05) is 24.3 Å². The van der Waals surface area contributed by atoms with E-state index < -0.39 is 17.8 Å². The Morgan fingerprint density at radius 2 is 1.86 bits per heavy atom. The number of thiophene rings is 1. The number of benzene rings is 1. The second-order valence-corrected chi connectivity index (χ2v) is 10.2. The fourth-order valence-electron chi connectivity index (χ4n) is 4.01. The van der Waals surface area contributed by atoms with Crippen LogP contribution in [-0.4, -0.2) is 56.5 Å². The third kappa shape index (κ3) is 4.82. The lowest BCUT2D eigenvalue weighted by atomic mass is 10.2. The quantitative estimate of drug-likeness (QED) is 0.302. The van der Waals surface area contributed by atoms with Crippen molar-refractivity contribution in [1.29, 1.82) is 0 Å². The van der Waals surface area contributed by atoms with Gasteiger partial charge in [0, 0.05) is 37.2 Å². The Morgan fingerprint density at radius 1 is 1.11 bits per heavy atom. The van der Waals surface area contributed by atoms with Gasteiger partial charge in [0.05, 0.1) is 10.6 Å². The Labute approximate surface area is 216 Å². The molecule has 1 aliphatic heterocycles. The average Bonchev–Trinajstić information content (AvgIpc) is 3.48. The first-order valence-electron chi connectivity index (χ1n) is 10.7. The van der Waals surface area contributed by atoms with Crippen molar-refractivity contribution in [2.75, 3.05) is 26.2 Å². The molecule has 0 N–H and O–H groups in total. The van der Waals surface area contributed by atoms with Gasteiger partial charge in [-0.1, -0.05) is 51.8 Å². The number of fused-ring (bicyclic) bond motifs is 1. The molecule has 0 saturated carbocycles. The van der Waals surface area contributed by atoms with E-state index in [4.69, 9.17) is 11.6 Å². The van der Waals surface area contributed by atoms with Crippen molar-refractivity contribution in [3.8, 4) is 10.6 Å². The molecule has 1 aliphatic rings. The summed E-state index contributed by atoms with van der Waals surface area (Å²) in [6, 6.07) is 12.3. The standard InChI is InChI=1S/C23H18BrClF3N5OS/c24-15-5-2-1-4-14(15)13-31-7-9-32(10-8-31)22(34)20-19(25)21-29-16(17-6-3-11-35-17)12-18(23(26,27)28)33(21)30-20/h1-6,11-12H,7-10,13H2. The number of nitrogens with zero attached hydrogens (tertiary/aromatic N) is 5. The zero-order chi connectivity index (χ0) is 24.7. The predicted octanol–water partition coefficient (Wildman–Crippen LogP) is 5.85. The fraction of sp³-hybridized carbons (Fsp3) is 0.261. The van der Waals surface area contributed by atoms with E-state index in [1.165, 1.54) is 11.3 Å². The third-order valence-corrected chi connectivity index (χ3v) is 7.82. The Hall–Kier alpha value is -2.47. The molecule has 3 aromatic heterocycles. The fourth-order valence-corrected chi connectivity index (χ4v) is 5.34. The molecule has 35 heavy (non-hydrogen) atoms. The van der Waals surface area contributed by atoms with E-state index in [9.17, 15) is 18.0 Å². The van der Waals surface area contributed by atoms with Crippen LogP contribution in [0.2, 0.25) is 5.02 Å². The van der Waals surface area contributed by atoms with Crippen molar-refractivity contribution < 1.29 is 18.0 Å². The molecule has 0 bridgehead atoms. The largest absolute Gasteiger partial charge is 0.433 e. The number of rotatable bonds is 4. The number of hydrogen-bond donors (Lipinski definition) is 0. The van der Waals surface area contributed by atoms with Crippen LogP contribution in [0.25, 0.3) is 16.2 Å². The molecular weight excluding hydrogens is 567 g/mol. The van der Waals surface area contributed by atoms with Crippen molar-refractivity contribution in [3.63, 3.8) is 0 Å². The number of amides is 1. The number of aromatic nitrogens is 3. The Balaban J connectivity index is 1.40. The first-order valence-corrected chi connectivity index (χ1v) is 12.7. The summed E-state index contributed by atoms with van der Waals surface area (Å²) < 4.78 is 43.2. The number of piperazine rings is 1. The van der Waals surface area contributed by atoms with Crippen LogP contribution in [0.15, 0.2) is 52.3 Å². The van der Waals surface area contributed by atoms with Crippen LogP contribution in [0.5, 0.6) is 0 Å². The minimum Gasteiger partial charge on any atom is -0.335 e. The second kappa shape index (κ2) is 9.53. The van der Waals surface area contributed by atoms with E-state index in [2.05, 4.69) is 30.9 Å². The SMILES string of the molecule is O=C(c1nn2c(C(F)(F)F)cc(-c3cccs3)nc2c1Cl)N1CCN(Cc2ccccc2Br)CC1. The van der Waals surface area contributed by atoms with Gasteiger partial charge in [-0.2, -0.15) is 18.3 Å². The summed E-state index contributed by atoms with van der Waals surface area (Å²) in [4.78, 5) is 21.9. The Morgan fingerprint density at radius 3 is 2.51 bits per heavy atom. The van der Waals surface area contributed by atoms with Gasteiger partial charge in [0.15, 0.2) is 17.0 Å². The molecule has 1 saturated heterocycles. The lowest BCUT2D eigenvalue weighted by molar-refractivity contribution is -0.142. The zero-order valence-electron chi connectivity index (χ0n) is 18.1. The lowest BCUT2D eigenvalue weighted by Gasteiger charge is -2.34. The summed E-state index contributed by atoms with van der Waals surface area (Å²) in [6.07, 6.45) is -4.71. The van der Waals surface area contributed by atoms with E-state index in [-0.39, 0.29) is 22.1 Å². The molecule has 6 nitrogen and oxygen atoms in total. The van der Waals surface area contributed by atoms with Gasteiger partial charge in [-0.15, -0.1) is 11.3 Å². The van der Waals surface area contributed by atoms with Gasteiger partial charge in [-0.25, -0.2) is 9.50 Å². The molecular formula is C23H18BrClF3N5OS. The third-order valence-electron chi connectivity index (χ3n) is 5.81. The molecule has 0 atom stereocenters. The average molecular weight is 585 g/mol. The molecule has 12 heteroatoms. The number of carbonyl (C=O) groups excluding carboxylic acids is 1. The Kier molecular flexibility index (Phi) is 6.60. The summed E-state index contributed by atoms with van der Waals surface area (Å²) in [7, 11) is 0. The van der Waals surface area contributed by atoms with Crippen molar-refractivity contribution in [2.45, 2.75) is 12.7 Å². The second-order valence-electron chi connectivity index (χ2n) is 8.06. The highest BCUT2D eigenvalue weighted by atomic mass is 79.9. The molecule has 0 radical (unpaired) electrons. The van der Waals surface area contributed by atoms with Crippen molar-refractivity contribution in [3.05, 3.63) is 74.3 Å². The van der Waals surface area contributed by atoms with Gasteiger partial charge in [-0.3, -0.25) is 9.69 Å². The van der Waals surface area contributed by atoms with E-state index in [0.717, 1.165) is 22.6 Å². The minimum absolute atomic E-state index is 0.126.